The highest BCUT2D eigenvalue weighted by Gasteiger charge is 2.35. The van der Waals surface area contributed by atoms with Gasteiger partial charge in [-0.3, -0.25) is 9.59 Å². The molecule has 2 aromatic carbocycles. The van der Waals surface area contributed by atoms with Gasteiger partial charge < -0.3 is 9.47 Å². The number of hydrogen-bond acceptors (Lipinski definition) is 5. The lowest BCUT2D eigenvalue weighted by atomic mass is 10.1. The highest BCUT2D eigenvalue weighted by molar-refractivity contribution is 14.1. The minimum atomic E-state index is -0.827. The molecule has 0 fully saturated rings. The van der Waals surface area contributed by atoms with E-state index in [9.17, 15) is 9.59 Å². The van der Waals surface area contributed by atoms with Crippen LogP contribution in [0.1, 0.15) is 31.2 Å². The first-order chi connectivity index (χ1) is 12.3. The Morgan fingerprint density at radius 3 is 2.65 bits per heavy atom. The first-order valence-corrected chi connectivity index (χ1v) is 9.51. The van der Waals surface area contributed by atoms with Gasteiger partial charge in [-0.05, 0) is 59.0 Å². The number of nitrogens with zero attached hydrogens (tertiary/aromatic N) is 2. The summed E-state index contributed by atoms with van der Waals surface area (Å²) in [7, 11) is 0. The lowest BCUT2D eigenvalue weighted by molar-refractivity contribution is -0.135. The molecule has 0 aliphatic carbocycles. The minimum absolute atomic E-state index is 0.288. The third-order valence-electron chi connectivity index (χ3n) is 3.53. The van der Waals surface area contributed by atoms with Crippen LogP contribution in [0, 0.1) is 3.57 Å². The van der Waals surface area contributed by atoms with Crippen LogP contribution in [0.3, 0.4) is 0 Å². The number of carbonyl (C=O) groups is 2. The molecule has 2 aromatic rings. The normalized spacial score (nSPS) is 16.1. The summed E-state index contributed by atoms with van der Waals surface area (Å²) in [6.45, 7) is 2.72. The molecule has 1 unspecified atom stereocenters. The molecule has 0 bridgehead atoms. The number of ether oxygens (including phenoxy) is 2. The van der Waals surface area contributed by atoms with Gasteiger partial charge in [-0.2, -0.15) is 5.01 Å². The summed E-state index contributed by atoms with van der Waals surface area (Å²) < 4.78 is 13.0. The number of hydrogen-bond donors (Lipinski definition) is 0. The summed E-state index contributed by atoms with van der Waals surface area (Å²) in [6, 6.07) is 12.7. The average molecular weight is 529 g/mol. The average Bonchev–Trinajstić information content (AvgIpc) is 3.01. The van der Waals surface area contributed by atoms with Crippen molar-refractivity contribution in [3.8, 4) is 5.75 Å². The van der Waals surface area contributed by atoms with Gasteiger partial charge in [0.1, 0.15) is 5.75 Å². The summed E-state index contributed by atoms with van der Waals surface area (Å²) in [5.74, 6) is -0.0995. The predicted octanol–water partition coefficient (Wildman–Crippen LogP) is 4.22. The summed E-state index contributed by atoms with van der Waals surface area (Å²) in [6.07, 6.45) is -0.827. The molecule has 1 atom stereocenters. The second kappa shape index (κ2) is 7.75. The quantitative estimate of drug-likeness (QED) is 0.340. The van der Waals surface area contributed by atoms with Gasteiger partial charge in [0, 0.05) is 27.5 Å². The summed E-state index contributed by atoms with van der Waals surface area (Å²) >= 11 is 5.59. The summed E-state index contributed by atoms with van der Waals surface area (Å²) in [4.78, 5) is 23.5. The fraction of sp³-hybridized carbons (Fsp3) is 0.167. The van der Waals surface area contributed by atoms with E-state index in [4.69, 9.17) is 9.47 Å². The van der Waals surface area contributed by atoms with E-state index in [0.29, 0.717) is 17.2 Å². The van der Waals surface area contributed by atoms with Crippen LogP contribution in [-0.4, -0.2) is 22.8 Å². The predicted molar refractivity (Wildman–Crippen MR) is 107 cm³/mol. The van der Waals surface area contributed by atoms with Crippen molar-refractivity contribution in [2.45, 2.75) is 20.1 Å². The van der Waals surface area contributed by atoms with Gasteiger partial charge in [-0.15, -0.1) is 5.10 Å². The molecule has 0 N–H and O–H groups in total. The van der Waals surface area contributed by atoms with E-state index in [2.05, 4.69) is 43.6 Å². The molecule has 0 saturated heterocycles. The van der Waals surface area contributed by atoms with Gasteiger partial charge in [0.2, 0.25) is 18.0 Å². The molecule has 0 aromatic heterocycles. The Balaban J connectivity index is 2.02. The van der Waals surface area contributed by atoms with Gasteiger partial charge >= 0.3 is 5.97 Å². The van der Waals surface area contributed by atoms with Crippen molar-refractivity contribution in [1.82, 2.24) is 5.01 Å². The van der Waals surface area contributed by atoms with Gasteiger partial charge in [-0.1, -0.05) is 22.0 Å². The molecule has 0 radical (unpaired) electrons. The van der Waals surface area contributed by atoms with Gasteiger partial charge in [0.05, 0.1) is 5.56 Å². The SMILES string of the molecule is CC(=O)Oc1ccc(Br)cc1C1OC(c2cccc(I)c2)=NN1C(C)=O. The van der Waals surface area contributed by atoms with E-state index >= 15 is 0 Å². The summed E-state index contributed by atoms with van der Waals surface area (Å²) in [5, 5.41) is 5.57. The maximum Gasteiger partial charge on any atom is 0.308 e. The van der Waals surface area contributed by atoms with Crippen LogP contribution in [0.4, 0.5) is 0 Å². The van der Waals surface area contributed by atoms with E-state index in [-0.39, 0.29) is 5.91 Å². The largest absolute Gasteiger partial charge is 0.446 e. The van der Waals surface area contributed by atoms with E-state index in [1.165, 1.54) is 18.9 Å². The highest BCUT2D eigenvalue weighted by atomic mass is 127. The third-order valence-corrected chi connectivity index (χ3v) is 4.69. The van der Waals surface area contributed by atoms with E-state index < -0.39 is 12.2 Å². The first-order valence-electron chi connectivity index (χ1n) is 7.64. The Morgan fingerprint density at radius 2 is 2.00 bits per heavy atom. The van der Waals surface area contributed by atoms with E-state index in [1.807, 2.05) is 24.3 Å². The van der Waals surface area contributed by atoms with Crippen molar-refractivity contribution < 1.29 is 19.1 Å². The van der Waals surface area contributed by atoms with Crippen LogP contribution in [-0.2, 0) is 14.3 Å². The molecule has 1 aliphatic heterocycles. The number of rotatable bonds is 3. The monoisotopic (exact) mass is 528 g/mol. The topological polar surface area (TPSA) is 68.2 Å². The molecule has 134 valence electrons. The number of halogens is 2. The number of carbonyl (C=O) groups excluding carboxylic acids is 2. The number of esters is 1. The fourth-order valence-corrected chi connectivity index (χ4v) is 3.39. The van der Waals surface area contributed by atoms with Crippen molar-refractivity contribution in [1.29, 1.82) is 0 Å². The molecule has 8 heteroatoms. The number of amides is 1. The fourth-order valence-electron chi connectivity index (χ4n) is 2.47. The number of hydrazone groups is 1. The smallest absolute Gasteiger partial charge is 0.308 e. The lowest BCUT2D eigenvalue weighted by Gasteiger charge is -2.21. The molecule has 1 heterocycles. The first kappa shape index (κ1) is 18.8. The zero-order chi connectivity index (χ0) is 18.8. The van der Waals surface area contributed by atoms with Crippen molar-refractivity contribution in [3.05, 3.63) is 61.6 Å². The van der Waals surface area contributed by atoms with Crippen LogP contribution in [0.15, 0.2) is 52.0 Å². The van der Waals surface area contributed by atoms with Gasteiger partial charge in [0.25, 0.3) is 0 Å². The Labute approximate surface area is 172 Å². The molecule has 1 amide bonds. The zero-order valence-electron chi connectivity index (χ0n) is 13.9. The molecule has 26 heavy (non-hydrogen) atoms. The lowest BCUT2D eigenvalue weighted by Crippen LogP contribution is -2.26. The maximum absolute atomic E-state index is 12.1. The van der Waals surface area contributed by atoms with Crippen molar-refractivity contribution >= 4 is 56.3 Å². The standard InChI is InChI=1S/C18H14BrIN2O4/c1-10(23)22-18(15-9-13(19)6-7-16(15)25-11(2)24)26-17(21-22)12-4-3-5-14(20)8-12/h3-9,18H,1-2H3. The molecule has 0 spiro atoms. The Morgan fingerprint density at radius 1 is 1.23 bits per heavy atom. The second-order valence-corrected chi connectivity index (χ2v) is 7.69. The van der Waals surface area contributed by atoms with Crippen LogP contribution in [0.2, 0.25) is 0 Å². The van der Waals surface area contributed by atoms with Gasteiger partial charge in [-0.25, -0.2) is 0 Å². The Kier molecular flexibility index (Phi) is 5.61. The summed E-state index contributed by atoms with van der Waals surface area (Å²) in [5.41, 5.74) is 1.28. The molecule has 3 rings (SSSR count). The van der Waals surface area contributed by atoms with Gasteiger partial charge in [0.15, 0.2) is 0 Å². The third kappa shape index (κ3) is 4.07. The Bertz CT molecular complexity index is 916. The van der Waals surface area contributed by atoms with E-state index in [0.717, 1.165) is 13.6 Å². The van der Waals surface area contributed by atoms with Crippen LogP contribution >= 0.6 is 38.5 Å². The molecular weight excluding hydrogens is 515 g/mol. The molecule has 6 nitrogen and oxygen atoms in total. The zero-order valence-corrected chi connectivity index (χ0v) is 17.6. The highest BCUT2D eigenvalue weighted by Crippen LogP contribution is 2.37. The number of benzene rings is 2. The maximum atomic E-state index is 12.1. The Hall–Kier alpha value is -1.94. The second-order valence-electron chi connectivity index (χ2n) is 5.53. The molecule has 0 saturated carbocycles. The van der Waals surface area contributed by atoms with Crippen LogP contribution in [0.5, 0.6) is 5.75 Å². The van der Waals surface area contributed by atoms with Crippen molar-refractivity contribution in [2.24, 2.45) is 5.10 Å². The van der Waals surface area contributed by atoms with Crippen molar-refractivity contribution in [3.63, 3.8) is 0 Å². The molecular formula is C18H14BrIN2O4. The van der Waals surface area contributed by atoms with Crippen molar-refractivity contribution in [2.75, 3.05) is 0 Å². The van der Waals surface area contributed by atoms with E-state index in [1.54, 1.807) is 18.2 Å². The van der Waals surface area contributed by atoms with Crippen LogP contribution in [0.25, 0.3) is 0 Å². The molecule has 1 aliphatic rings. The minimum Gasteiger partial charge on any atom is -0.446 e. The van der Waals surface area contributed by atoms with Crippen LogP contribution < -0.4 is 4.74 Å².